The van der Waals surface area contributed by atoms with Gasteiger partial charge in [-0.2, -0.15) is 5.10 Å². The first-order valence-corrected chi connectivity index (χ1v) is 9.36. The van der Waals surface area contributed by atoms with E-state index in [9.17, 15) is 4.79 Å². The number of hydrogen-bond donors (Lipinski definition) is 1. The summed E-state index contributed by atoms with van der Waals surface area (Å²) in [5.41, 5.74) is 3.56. The lowest BCUT2D eigenvalue weighted by atomic mass is 10.2. The SMILES string of the molecule is Cc1c(C(=O)Nc2nc(-c3cccnc3)cs2)cnn1-c1ccccc1Cl. The molecule has 0 atom stereocenters. The second-order valence-corrected chi connectivity index (χ2v) is 7.01. The maximum atomic E-state index is 12.7. The fourth-order valence-electron chi connectivity index (χ4n) is 2.64. The van der Waals surface area contributed by atoms with Gasteiger partial charge in [0.2, 0.25) is 0 Å². The monoisotopic (exact) mass is 395 g/mol. The fraction of sp³-hybridized carbons (Fsp3) is 0.0526. The summed E-state index contributed by atoms with van der Waals surface area (Å²) in [4.78, 5) is 21.2. The molecular formula is C19H14ClN5OS. The number of amides is 1. The lowest BCUT2D eigenvalue weighted by Gasteiger charge is -2.07. The minimum Gasteiger partial charge on any atom is -0.298 e. The van der Waals surface area contributed by atoms with Gasteiger partial charge < -0.3 is 0 Å². The quantitative estimate of drug-likeness (QED) is 0.547. The summed E-state index contributed by atoms with van der Waals surface area (Å²) >= 11 is 7.60. The average molecular weight is 396 g/mol. The number of anilines is 1. The van der Waals surface area contributed by atoms with Crippen molar-refractivity contribution in [3.8, 4) is 16.9 Å². The number of para-hydroxylation sites is 1. The van der Waals surface area contributed by atoms with Crippen molar-refractivity contribution in [3.05, 3.63) is 76.6 Å². The van der Waals surface area contributed by atoms with Gasteiger partial charge in [-0.25, -0.2) is 9.67 Å². The normalized spacial score (nSPS) is 10.7. The lowest BCUT2D eigenvalue weighted by Crippen LogP contribution is -2.13. The average Bonchev–Trinajstić information content (AvgIpc) is 3.30. The van der Waals surface area contributed by atoms with Crippen LogP contribution in [0.15, 0.2) is 60.4 Å². The molecule has 8 heteroatoms. The number of benzene rings is 1. The van der Waals surface area contributed by atoms with Crippen LogP contribution in [0, 0.1) is 6.92 Å². The smallest absolute Gasteiger partial charge is 0.260 e. The number of rotatable bonds is 4. The van der Waals surface area contributed by atoms with Gasteiger partial charge in [0.15, 0.2) is 5.13 Å². The molecule has 0 bridgehead atoms. The number of halogens is 1. The Morgan fingerprint density at radius 3 is 2.81 bits per heavy atom. The molecule has 1 aromatic carbocycles. The zero-order valence-electron chi connectivity index (χ0n) is 14.3. The van der Waals surface area contributed by atoms with E-state index in [2.05, 4.69) is 20.4 Å². The third-order valence-corrected chi connectivity index (χ3v) is 5.09. The summed E-state index contributed by atoms with van der Waals surface area (Å²) in [6, 6.07) is 11.1. The van der Waals surface area contributed by atoms with Crippen LogP contribution in [0.2, 0.25) is 5.02 Å². The highest BCUT2D eigenvalue weighted by atomic mass is 35.5. The van der Waals surface area contributed by atoms with Crippen LogP contribution in [-0.2, 0) is 0 Å². The van der Waals surface area contributed by atoms with Gasteiger partial charge in [-0.3, -0.25) is 15.1 Å². The van der Waals surface area contributed by atoms with Gasteiger partial charge in [0, 0.05) is 23.3 Å². The van der Waals surface area contributed by atoms with Crippen molar-refractivity contribution in [1.29, 1.82) is 0 Å². The molecule has 0 spiro atoms. The Morgan fingerprint density at radius 1 is 1.19 bits per heavy atom. The molecule has 0 saturated carbocycles. The molecule has 0 aliphatic heterocycles. The fourth-order valence-corrected chi connectivity index (χ4v) is 3.57. The third kappa shape index (κ3) is 3.47. The number of nitrogens with one attached hydrogen (secondary N) is 1. The van der Waals surface area contributed by atoms with Crippen molar-refractivity contribution < 1.29 is 4.79 Å². The summed E-state index contributed by atoms with van der Waals surface area (Å²) in [6.07, 6.45) is 4.97. The van der Waals surface area contributed by atoms with E-state index in [1.807, 2.05) is 42.6 Å². The molecule has 134 valence electrons. The van der Waals surface area contributed by atoms with Crippen LogP contribution >= 0.6 is 22.9 Å². The molecule has 1 N–H and O–H groups in total. The van der Waals surface area contributed by atoms with E-state index in [-0.39, 0.29) is 5.91 Å². The highest BCUT2D eigenvalue weighted by molar-refractivity contribution is 7.14. The van der Waals surface area contributed by atoms with E-state index in [1.165, 1.54) is 17.5 Å². The van der Waals surface area contributed by atoms with Crippen molar-refractivity contribution in [3.63, 3.8) is 0 Å². The van der Waals surface area contributed by atoms with Gasteiger partial charge in [0.05, 0.1) is 33.9 Å². The van der Waals surface area contributed by atoms with Crippen molar-refractivity contribution >= 4 is 34.0 Å². The van der Waals surface area contributed by atoms with E-state index >= 15 is 0 Å². The van der Waals surface area contributed by atoms with Gasteiger partial charge in [0.1, 0.15) is 0 Å². The summed E-state index contributed by atoms with van der Waals surface area (Å²) in [5, 5.41) is 10.1. The van der Waals surface area contributed by atoms with Crippen molar-refractivity contribution in [2.45, 2.75) is 6.92 Å². The Kier molecular flexibility index (Phi) is 4.70. The Bertz CT molecular complexity index is 1110. The zero-order valence-corrected chi connectivity index (χ0v) is 15.8. The van der Waals surface area contributed by atoms with Gasteiger partial charge in [-0.05, 0) is 31.2 Å². The minimum atomic E-state index is -0.266. The molecule has 3 heterocycles. The predicted molar refractivity (Wildman–Crippen MR) is 107 cm³/mol. The number of carbonyl (C=O) groups is 1. The maximum absolute atomic E-state index is 12.7. The largest absolute Gasteiger partial charge is 0.298 e. The first-order valence-electron chi connectivity index (χ1n) is 8.10. The van der Waals surface area contributed by atoms with E-state index in [0.29, 0.717) is 21.4 Å². The Hall–Kier alpha value is -3.03. The highest BCUT2D eigenvalue weighted by Gasteiger charge is 2.17. The van der Waals surface area contributed by atoms with Crippen LogP contribution in [0.1, 0.15) is 16.1 Å². The zero-order chi connectivity index (χ0) is 18.8. The molecule has 6 nitrogen and oxygen atoms in total. The van der Waals surface area contributed by atoms with Crippen LogP contribution in [0.25, 0.3) is 16.9 Å². The van der Waals surface area contributed by atoms with Crippen LogP contribution in [0.5, 0.6) is 0 Å². The molecule has 4 rings (SSSR count). The molecule has 0 aliphatic rings. The van der Waals surface area contributed by atoms with Crippen LogP contribution in [-0.4, -0.2) is 25.7 Å². The molecule has 4 aromatic rings. The Labute approximate surface area is 164 Å². The standard InChI is InChI=1S/C19H14ClN5OS/c1-12-14(10-22-25(12)17-7-3-2-6-15(17)20)18(26)24-19-23-16(11-27-19)13-5-4-8-21-9-13/h2-11H,1H3,(H,23,24,26). The summed E-state index contributed by atoms with van der Waals surface area (Å²) in [6.45, 7) is 1.83. The van der Waals surface area contributed by atoms with E-state index < -0.39 is 0 Å². The Balaban J connectivity index is 1.56. The molecule has 27 heavy (non-hydrogen) atoms. The number of nitrogens with zero attached hydrogens (tertiary/aromatic N) is 4. The van der Waals surface area contributed by atoms with Crippen LogP contribution < -0.4 is 5.32 Å². The van der Waals surface area contributed by atoms with Crippen LogP contribution in [0.4, 0.5) is 5.13 Å². The van der Waals surface area contributed by atoms with E-state index in [1.54, 1.807) is 23.1 Å². The molecule has 0 radical (unpaired) electrons. The van der Waals surface area contributed by atoms with Gasteiger partial charge in [-0.1, -0.05) is 23.7 Å². The van der Waals surface area contributed by atoms with E-state index in [4.69, 9.17) is 11.6 Å². The highest BCUT2D eigenvalue weighted by Crippen LogP contribution is 2.26. The van der Waals surface area contributed by atoms with Crippen LogP contribution in [0.3, 0.4) is 0 Å². The van der Waals surface area contributed by atoms with Crippen molar-refractivity contribution in [2.75, 3.05) is 5.32 Å². The Morgan fingerprint density at radius 2 is 2.04 bits per heavy atom. The molecular weight excluding hydrogens is 382 g/mol. The minimum absolute atomic E-state index is 0.266. The molecule has 0 unspecified atom stereocenters. The first-order chi connectivity index (χ1) is 13.1. The molecule has 1 amide bonds. The lowest BCUT2D eigenvalue weighted by molar-refractivity contribution is 0.102. The second-order valence-electron chi connectivity index (χ2n) is 5.74. The molecule has 0 fully saturated rings. The summed E-state index contributed by atoms with van der Waals surface area (Å²) in [5.74, 6) is -0.266. The molecule has 3 aromatic heterocycles. The van der Waals surface area contributed by atoms with Crippen molar-refractivity contribution in [2.24, 2.45) is 0 Å². The number of carbonyl (C=O) groups excluding carboxylic acids is 1. The van der Waals surface area contributed by atoms with Gasteiger partial charge in [0.25, 0.3) is 5.91 Å². The number of hydrogen-bond acceptors (Lipinski definition) is 5. The number of pyridine rings is 1. The predicted octanol–water partition coefficient (Wildman–Crippen LogP) is 4.60. The molecule has 0 saturated heterocycles. The topological polar surface area (TPSA) is 72.7 Å². The molecule has 0 aliphatic carbocycles. The van der Waals surface area contributed by atoms with Gasteiger partial charge in [-0.15, -0.1) is 11.3 Å². The van der Waals surface area contributed by atoms with E-state index in [0.717, 1.165) is 16.9 Å². The third-order valence-electron chi connectivity index (χ3n) is 4.02. The summed E-state index contributed by atoms with van der Waals surface area (Å²) < 4.78 is 1.65. The van der Waals surface area contributed by atoms with Gasteiger partial charge >= 0.3 is 0 Å². The first kappa shape index (κ1) is 17.4. The maximum Gasteiger partial charge on any atom is 0.260 e. The number of thiazole rings is 1. The second kappa shape index (κ2) is 7.30. The summed E-state index contributed by atoms with van der Waals surface area (Å²) in [7, 11) is 0. The van der Waals surface area contributed by atoms with Crippen molar-refractivity contribution in [1.82, 2.24) is 19.7 Å². The number of aromatic nitrogens is 4.